The first-order valence-corrected chi connectivity index (χ1v) is 21.4. The Morgan fingerprint density at radius 1 is 1.05 bits per heavy atom. The number of piperidine rings is 1. The number of H-pyrrole nitrogens is 1. The SMILES string of the molecule is CC[C@]1(O)C[C@@H]2CN(CCc3c([nH]c4ccc(Br)cc34)[C@@](C)(c3cc4c(cc3C)N(C)C3C(O)(C(=O)OC)[C@H](OC(C)=O)[C@]5(CC)C=CCN6CC[C@]43[C@@H]65)C2)C1. The van der Waals surface area contributed by atoms with Crippen molar-refractivity contribution in [1.29, 1.82) is 0 Å². The number of ether oxygens (including phenoxy) is 2. The Labute approximate surface area is 338 Å². The van der Waals surface area contributed by atoms with Crippen LogP contribution < -0.4 is 4.90 Å². The summed E-state index contributed by atoms with van der Waals surface area (Å²) in [6, 6.07) is 10.3. The molecule has 5 aliphatic heterocycles. The van der Waals surface area contributed by atoms with Crippen LogP contribution in [0, 0.1) is 18.3 Å². The molecule has 11 heteroatoms. The zero-order valence-corrected chi connectivity index (χ0v) is 35.5. The van der Waals surface area contributed by atoms with Gasteiger partial charge in [-0.05, 0) is 111 Å². The molecule has 9 rings (SSSR count). The number of hydrogen-bond donors (Lipinski definition) is 3. The molecule has 1 aromatic heterocycles. The second-order valence-corrected chi connectivity index (χ2v) is 19.3. The lowest BCUT2D eigenvalue weighted by Gasteiger charge is -2.63. The van der Waals surface area contributed by atoms with E-state index in [9.17, 15) is 19.8 Å². The highest BCUT2D eigenvalue weighted by Crippen LogP contribution is 2.68. The summed E-state index contributed by atoms with van der Waals surface area (Å²) in [5.41, 5.74) is 3.21. The van der Waals surface area contributed by atoms with E-state index in [0.717, 1.165) is 85.1 Å². The van der Waals surface area contributed by atoms with E-state index >= 15 is 0 Å². The summed E-state index contributed by atoms with van der Waals surface area (Å²) in [5, 5.41) is 26.4. The molecule has 0 amide bonds. The number of benzene rings is 2. The van der Waals surface area contributed by atoms with Crippen LogP contribution in [0.5, 0.6) is 0 Å². The molecule has 10 nitrogen and oxygen atoms in total. The van der Waals surface area contributed by atoms with E-state index in [4.69, 9.17) is 9.47 Å². The van der Waals surface area contributed by atoms with Crippen LogP contribution in [0.25, 0.3) is 10.9 Å². The number of nitrogens with one attached hydrogen (secondary N) is 1. The number of aromatic amines is 1. The van der Waals surface area contributed by atoms with E-state index in [0.29, 0.717) is 13.0 Å². The lowest BCUT2D eigenvalue weighted by atomic mass is 9.47. The summed E-state index contributed by atoms with van der Waals surface area (Å²) < 4.78 is 12.7. The first kappa shape index (κ1) is 38.3. The number of nitrogens with zero attached hydrogens (tertiary/aromatic N) is 3. The summed E-state index contributed by atoms with van der Waals surface area (Å²) in [4.78, 5) is 38.3. The highest BCUT2D eigenvalue weighted by Gasteiger charge is 2.80. The van der Waals surface area contributed by atoms with Crippen LogP contribution in [-0.4, -0.2) is 113 Å². The highest BCUT2D eigenvalue weighted by atomic mass is 79.9. The minimum Gasteiger partial charge on any atom is -0.467 e. The zero-order valence-electron chi connectivity index (χ0n) is 33.9. The predicted molar refractivity (Wildman–Crippen MR) is 220 cm³/mol. The van der Waals surface area contributed by atoms with Crippen LogP contribution in [0.15, 0.2) is 47.0 Å². The third kappa shape index (κ3) is 4.99. The summed E-state index contributed by atoms with van der Waals surface area (Å²) in [5.74, 6) is -1.07. The van der Waals surface area contributed by atoms with Crippen LogP contribution in [0.4, 0.5) is 5.69 Å². The van der Waals surface area contributed by atoms with E-state index < -0.39 is 51.5 Å². The van der Waals surface area contributed by atoms with Gasteiger partial charge in [0.25, 0.3) is 0 Å². The lowest BCUT2D eigenvalue weighted by Crippen LogP contribution is -2.81. The maximum Gasteiger partial charge on any atom is 0.344 e. The van der Waals surface area contributed by atoms with Crippen molar-refractivity contribution in [2.45, 2.75) is 113 Å². The van der Waals surface area contributed by atoms with Gasteiger partial charge in [-0.3, -0.25) is 14.6 Å². The number of carbonyl (C=O) groups excluding carboxylic acids is 2. The Bertz CT molecular complexity index is 2170. The molecular weight excluding hydrogens is 772 g/mol. The first-order valence-electron chi connectivity index (χ1n) is 20.6. The maximum absolute atomic E-state index is 14.3. The van der Waals surface area contributed by atoms with Crippen molar-refractivity contribution in [3.8, 4) is 0 Å². The molecule has 2 aromatic carbocycles. The molecule has 300 valence electrons. The number of aliphatic hydroxyl groups is 2. The number of esters is 2. The Hall–Kier alpha value is -3.22. The third-order valence-electron chi connectivity index (χ3n) is 15.5. The van der Waals surface area contributed by atoms with Gasteiger partial charge in [-0.15, -0.1) is 0 Å². The van der Waals surface area contributed by atoms with Crippen LogP contribution in [0.2, 0.25) is 0 Å². The summed E-state index contributed by atoms with van der Waals surface area (Å²) >= 11 is 3.77. The van der Waals surface area contributed by atoms with E-state index in [1.54, 1.807) is 0 Å². The normalized spacial score (nSPS) is 38.5. The monoisotopic (exact) mass is 828 g/mol. The van der Waals surface area contributed by atoms with Gasteiger partial charge in [0.2, 0.25) is 5.60 Å². The first-order chi connectivity index (χ1) is 26.6. The number of halogens is 1. The molecule has 56 heavy (non-hydrogen) atoms. The summed E-state index contributed by atoms with van der Waals surface area (Å²) in [7, 11) is 3.29. The lowest BCUT2D eigenvalue weighted by molar-refractivity contribution is -0.228. The van der Waals surface area contributed by atoms with Gasteiger partial charge >= 0.3 is 11.9 Å². The van der Waals surface area contributed by atoms with Gasteiger partial charge in [-0.25, -0.2) is 4.79 Å². The second-order valence-electron chi connectivity index (χ2n) is 18.4. The molecule has 3 fully saturated rings. The van der Waals surface area contributed by atoms with Crippen LogP contribution >= 0.6 is 15.9 Å². The number of hydrogen-bond acceptors (Lipinski definition) is 9. The fourth-order valence-electron chi connectivity index (χ4n) is 13.5. The quantitative estimate of drug-likeness (QED) is 0.214. The number of rotatable bonds is 5. The number of fused-ring (bicyclic) bond motifs is 6. The van der Waals surface area contributed by atoms with Gasteiger partial charge in [0.15, 0.2) is 6.10 Å². The number of anilines is 1. The predicted octanol–water partition coefficient (Wildman–Crippen LogP) is 5.90. The Kier molecular flexibility index (Phi) is 8.82. The molecule has 2 saturated heterocycles. The highest BCUT2D eigenvalue weighted by molar-refractivity contribution is 9.10. The maximum atomic E-state index is 14.3. The van der Waals surface area contributed by atoms with E-state index in [1.807, 2.05) is 7.05 Å². The molecule has 1 spiro atoms. The number of aryl methyl sites for hydroxylation is 1. The van der Waals surface area contributed by atoms with Gasteiger partial charge in [-0.2, -0.15) is 0 Å². The number of carbonyl (C=O) groups is 2. The van der Waals surface area contributed by atoms with Crippen molar-refractivity contribution in [3.63, 3.8) is 0 Å². The minimum absolute atomic E-state index is 0.149. The van der Waals surface area contributed by atoms with Gasteiger partial charge in [-0.1, -0.05) is 48.0 Å². The minimum atomic E-state index is -2.16. The molecule has 6 heterocycles. The molecule has 3 unspecified atom stereocenters. The molecule has 6 aliphatic rings. The van der Waals surface area contributed by atoms with Crippen molar-refractivity contribution < 1.29 is 29.3 Å². The number of likely N-dealkylation sites (N-methyl/N-ethyl adjacent to an activating group) is 1. The van der Waals surface area contributed by atoms with E-state index in [2.05, 4.69) is 106 Å². The molecule has 0 radical (unpaired) electrons. The standard InChI is InChI=1S/C45H57BrN4O6/c1-8-42(53)23-28-22-41(5,36-30(13-17-49(24-28)25-42)31-20-29(46)11-12-34(31)47-36)32-21-33-35(19-26(32)3)48(6)38-44(33)15-18-50-16-10-14-43(9-2,37(44)50)39(56-27(4)51)45(38,54)40(52)55-7/h10-12,14,19-21,28,37-39,47,53-54H,8-9,13,15-18,22-25H2,1-7H3/t28-,37+,38?,39-,41-,42+,43-,44-,45?/m1/s1. The Morgan fingerprint density at radius 2 is 1.84 bits per heavy atom. The van der Waals surface area contributed by atoms with Gasteiger partial charge in [0.1, 0.15) is 0 Å². The van der Waals surface area contributed by atoms with Gasteiger partial charge in [0, 0.05) is 89.2 Å². The average Bonchev–Trinajstić information content (AvgIpc) is 3.82. The van der Waals surface area contributed by atoms with Crippen molar-refractivity contribution >= 4 is 44.5 Å². The third-order valence-corrected chi connectivity index (χ3v) is 16.0. The topological polar surface area (TPSA) is 119 Å². The molecule has 10 atom stereocenters. The molecule has 3 N–H and O–H groups in total. The fourth-order valence-corrected chi connectivity index (χ4v) is 13.9. The van der Waals surface area contributed by atoms with Crippen molar-refractivity contribution in [2.24, 2.45) is 11.3 Å². The van der Waals surface area contributed by atoms with Crippen molar-refractivity contribution in [1.82, 2.24) is 14.8 Å². The Morgan fingerprint density at radius 3 is 2.55 bits per heavy atom. The summed E-state index contributed by atoms with van der Waals surface area (Å²) in [6.45, 7) is 14.2. The largest absolute Gasteiger partial charge is 0.467 e. The smallest absolute Gasteiger partial charge is 0.344 e. The molecule has 2 bridgehead atoms. The second kappa shape index (κ2) is 12.9. The van der Waals surface area contributed by atoms with Gasteiger partial charge in [0.05, 0.1) is 18.8 Å². The van der Waals surface area contributed by atoms with Crippen molar-refractivity contribution in [3.05, 3.63) is 74.9 Å². The Balaban J connectivity index is 1.30. The van der Waals surface area contributed by atoms with Crippen molar-refractivity contribution in [2.75, 3.05) is 51.8 Å². The van der Waals surface area contributed by atoms with Crippen LogP contribution in [0.3, 0.4) is 0 Å². The summed E-state index contributed by atoms with van der Waals surface area (Å²) in [6.07, 6.45) is 7.54. The fraction of sp³-hybridized carbons (Fsp3) is 0.600. The van der Waals surface area contributed by atoms with Crippen LogP contribution in [0.1, 0.15) is 87.7 Å². The molecule has 1 aliphatic carbocycles. The zero-order chi connectivity index (χ0) is 39.7. The average molecular weight is 830 g/mol. The number of methoxy groups -OCH3 is 1. The number of aromatic nitrogens is 1. The van der Waals surface area contributed by atoms with Crippen LogP contribution in [-0.2, 0) is 36.3 Å². The molecule has 1 saturated carbocycles. The van der Waals surface area contributed by atoms with Gasteiger partial charge < -0.3 is 29.6 Å². The molecular formula is C45H57BrN4O6. The molecule has 3 aromatic rings. The van der Waals surface area contributed by atoms with E-state index in [1.165, 1.54) is 36.2 Å². The van der Waals surface area contributed by atoms with E-state index in [-0.39, 0.29) is 12.0 Å².